The van der Waals surface area contributed by atoms with E-state index in [1.165, 1.54) is 7.11 Å². The SMILES string of the molecule is CCOC(=O)c1c(-c2ccc(OC)cc2OC)noc1C. The van der Waals surface area contributed by atoms with E-state index in [9.17, 15) is 4.79 Å². The molecular weight excluding hydrogens is 274 g/mol. The molecule has 0 fully saturated rings. The Kier molecular flexibility index (Phi) is 4.47. The van der Waals surface area contributed by atoms with E-state index >= 15 is 0 Å². The number of esters is 1. The molecule has 0 atom stereocenters. The maximum Gasteiger partial charge on any atom is 0.344 e. The lowest BCUT2D eigenvalue weighted by Crippen LogP contribution is -2.07. The molecule has 6 nitrogen and oxygen atoms in total. The van der Waals surface area contributed by atoms with Gasteiger partial charge in [-0.25, -0.2) is 4.79 Å². The molecule has 112 valence electrons. The van der Waals surface area contributed by atoms with Crippen molar-refractivity contribution in [3.63, 3.8) is 0 Å². The highest BCUT2D eigenvalue weighted by Crippen LogP contribution is 2.35. The second-order valence-electron chi connectivity index (χ2n) is 4.25. The van der Waals surface area contributed by atoms with Gasteiger partial charge in [-0.1, -0.05) is 5.16 Å². The highest BCUT2D eigenvalue weighted by atomic mass is 16.5. The van der Waals surface area contributed by atoms with Crippen molar-refractivity contribution in [1.82, 2.24) is 5.16 Å². The lowest BCUT2D eigenvalue weighted by atomic mass is 10.0. The molecule has 0 aliphatic heterocycles. The van der Waals surface area contributed by atoms with Crippen LogP contribution in [0.4, 0.5) is 0 Å². The fourth-order valence-electron chi connectivity index (χ4n) is 1.99. The lowest BCUT2D eigenvalue weighted by molar-refractivity contribution is 0.0525. The van der Waals surface area contributed by atoms with Gasteiger partial charge in [0, 0.05) is 11.6 Å². The van der Waals surface area contributed by atoms with Crippen molar-refractivity contribution in [2.24, 2.45) is 0 Å². The Bertz CT molecular complexity index is 648. The molecule has 21 heavy (non-hydrogen) atoms. The van der Waals surface area contributed by atoms with Crippen LogP contribution in [-0.4, -0.2) is 32.0 Å². The third-order valence-electron chi connectivity index (χ3n) is 3.01. The molecule has 0 saturated heterocycles. The first-order chi connectivity index (χ1) is 10.1. The zero-order valence-electron chi connectivity index (χ0n) is 12.4. The molecule has 2 rings (SSSR count). The Morgan fingerprint density at radius 2 is 2.05 bits per heavy atom. The van der Waals surface area contributed by atoms with Crippen molar-refractivity contribution < 1.29 is 23.5 Å². The second kappa shape index (κ2) is 6.30. The van der Waals surface area contributed by atoms with Crippen molar-refractivity contribution in [3.05, 3.63) is 29.5 Å². The summed E-state index contributed by atoms with van der Waals surface area (Å²) in [5.41, 5.74) is 1.34. The number of carbonyl (C=O) groups is 1. The van der Waals surface area contributed by atoms with Crippen molar-refractivity contribution in [3.8, 4) is 22.8 Å². The van der Waals surface area contributed by atoms with Crippen molar-refractivity contribution in [1.29, 1.82) is 0 Å². The summed E-state index contributed by atoms with van der Waals surface area (Å²) in [6.45, 7) is 3.69. The quantitative estimate of drug-likeness (QED) is 0.789. The average Bonchev–Trinajstić information content (AvgIpc) is 2.88. The monoisotopic (exact) mass is 291 g/mol. The summed E-state index contributed by atoms with van der Waals surface area (Å²) in [5, 5.41) is 3.96. The molecule has 2 aromatic rings. The molecule has 0 N–H and O–H groups in total. The van der Waals surface area contributed by atoms with Crippen molar-refractivity contribution in [2.45, 2.75) is 13.8 Å². The molecule has 0 aliphatic rings. The third kappa shape index (κ3) is 2.84. The topological polar surface area (TPSA) is 70.8 Å². The highest BCUT2D eigenvalue weighted by Gasteiger charge is 2.24. The van der Waals surface area contributed by atoms with E-state index in [4.69, 9.17) is 18.7 Å². The Hall–Kier alpha value is -2.50. The summed E-state index contributed by atoms with van der Waals surface area (Å²) in [4.78, 5) is 12.1. The minimum atomic E-state index is -0.468. The summed E-state index contributed by atoms with van der Waals surface area (Å²) in [7, 11) is 3.11. The molecule has 6 heteroatoms. The van der Waals surface area contributed by atoms with Gasteiger partial charge >= 0.3 is 5.97 Å². The summed E-state index contributed by atoms with van der Waals surface area (Å²) in [5.74, 6) is 1.12. The van der Waals surface area contributed by atoms with Gasteiger partial charge in [-0.3, -0.25) is 0 Å². The first-order valence-electron chi connectivity index (χ1n) is 6.48. The number of rotatable bonds is 5. The van der Waals surface area contributed by atoms with Crippen LogP contribution in [0.1, 0.15) is 23.0 Å². The van der Waals surface area contributed by atoms with E-state index in [0.29, 0.717) is 34.1 Å². The minimum Gasteiger partial charge on any atom is -0.497 e. The molecule has 0 bridgehead atoms. The van der Waals surface area contributed by atoms with E-state index in [2.05, 4.69) is 5.16 Å². The number of nitrogens with zero attached hydrogens (tertiary/aromatic N) is 1. The standard InChI is InChI=1S/C15H17NO5/c1-5-20-15(17)13-9(2)21-16-14(13)11-7-6-10(18-3)8-12(11)19-4/h6-8H,5H2,1-4H3. The van der Waals surface area contributed by atoms with E-state index in [-0.39, 0.29) is 6.61 Å². The largest absolute Gasteiger partial charge is 0.497 e. The second-order valence-corrected chi connectivity index (χ2v) is 4.25. The van der Waals surface area contributed by atoms with Crippen molar-refractivity contribution in [2.75, 3.05) is 20.8 Å². The first-order valence-corrected chi connectivity index (χ1v) is 6.48. The molecule has 0 aliphatic carbocycles. The van der Waals surface area contributed by atoms with Crippen LogP contribution in [0.25, 0.3) is 11.3 Å². The van der Waals surface area contributed by atoms with Crippen LogP contribution >= 0.6 is 0 Å². The Labute approximate surface area is 122 Å². The lowest BCUT2D eigenvalue weighted by Gasteiger charge is -2.09. The molecule has 0 radical (unpaired) electrons. The molecule has 0 spiro atoms. The van der Waals surface area contributed by atoms with E-state index < -0.39 is 5.97 Å². The first kappa shape index (κ1) is 14.9. The molecule has 1 aromatic carbocycles. The summed E-state index contributed by atoms with van der Waals surface area (Å²) in [6.07, 6.45) is 0. The third-order valence-corrected chi connectivity index (χ3v) is 3.01. The number of aromatic nitrogens is 1. The van der Waals surface area contributed by atoms with Gasteiger partial charge in [0.15, 0.2) is 0 Å². The smallest absolute Gasteiger partial charge is 0.344 e. The van der Waals surface area contributed by atoms with Crippen LogP contribution in [0.5, 0.6) is 11.5 Å². The minimum absolute atomic E-state index is 0.280. The van der Waals surface area contributed by atoms with Crippen LogP contribution in [0.2, 0.25) is 0 Å². The number of ether oxygens (including phenoxy) is 3. The zero-order chi connectivity index (χ0) is 15.4. The zero-order valence-corrected chi connectivity index (χ0v) is 12.4. The summed E-state index contributed by atoms with van der Waals surface area (Å²) < 4.78 is 20.7. The Morgan fingerprint density at radius 3 is 2.67 bits per heavy atom. The fourth-order valence-corrected chi connectivity index (χ4v) is 1.99. The van der Waals surface area contributed by atoms with Gasteiger partial charge < -0.3 is 18.7 Å². The van der Waals surface area contributed by atoms with Gasteiger partial charge in [-0.05, 0) is 26.0 Å². The molecule has 0 unspecified atom stereocenters. The number of benzene rings is 1. The van der Waals surface area contributed by atoms with Gasteiger partial charge in [-0.15, -0.1) is 0 Å². The van der Waals surface area contributed by atoms with Crippen LogP contribution in [0, 0.1) is 6.92 Å². The predicted octanol–water partition coefficient (Wildman–Crippen LogP) is 2.84. The molecular formula is C15H17NO5. The van der Waals surface area contributed by atoms with E-state index in [1.807, 2.05) is 0 Å². The number of hydrogen-bond acceptors (Lipinski definition) is 6. The normalized spacial score (nSPS) is 10.3. The number of hydrogen-bond donors (Lipinski definition) is 0. The maximum absolute atomic E-state index is 12.1. The molecule has 1 heterocycles. The summed E-state index contributed by atoms with van der Waals surface area (Å²) in [6, 6.07) is 5.24. The van der Waals surface area contributed by atoms with Gasteiger partial charge in [0.05, 0.1) is 20.8 Å². The van der Waals surface area contributed by atoms with Gasteiger partial charge in [0.1, 0.15) is 28.5 Å². The highest BCUT2D eigenvalue weighted by molar-refractivity contribution is 5.97. The molecule has 1 aromatic heterocycles. The maximum atomic E-state index is 12.1. The number of methoxy groups -OCH3 is 2. The van der Waals surface area contributed by atoms with Gasteiger partial charge in [0.2, 0.25) is 0 Å². The van der Waals surface area contributed by atoms with E-state index in [0.717, 1.165) is 0 Å². The number of carbonyl (C=O) groups excluding carboxylic acids is 1. The van der Waals surface area contributed by atoms with Gasteiger partial charge in [-0.2, -0.15) is 0 Å². The molecule has 0 amide bonds. The van der Waals surface area contributed by atoms with Gasteiger partial charge in [0.25, 0.3) is 0 Å². The average molecular weight is 291 g/mol. The van der Waals surface area contributed by atoms with Crippen LogP contribution in [0.3, 0.4) is 0 Å². The fraction of sp³-hybridized carbons (Fsp3) is 0.333. The van der Waals surface area contributed by atoms with Crippen LogP contribution in [0.15, 0.2) is 22.7 Å². The molecule has 0 saturated carbocycles. The van der Waals surface area contributed by atoms with Crippen LogP contribution < -0.4 is 9.47 Å². The van der Waals surface area contributed by atoms with Crippen LogP contribution in [-0.2, 0) is 4.74 Å². The predicted molar refractivity (Wildman–Crippen MR) is 75.7 cm³/mol. The van der Waals surface area contributed by atoms with E-state index in [1.54, 1.807) is 39.2 Å². The number of aryl methyl sites for hydroxylation is 1. The Morgan fingerprint density at radius 1 is 1.29 bits per heavy atom. The van der Waals surface area contributed by atoms with Crippen molar-refractivity contribution >= 4 is 5.97 Å². The summed E-state index contributed by atoms with van der Waals surface area (Å²) >= 11 is 0. The Balaban J connectivity index is 2.55.